The zero-order valence-corrected chi connectivity index (χ0v) is 33.2. The summed E-state index contributed by atoms with van der Waals surface area (Å²) >= 11 is 3.61. The molecule has 4 heterocycles. The van der Waals surface area contributed by atoms with E-state index in [4.69, 9.17) is 9.97 Å². The molecule has 0 aliphatic rings. The molecule has 0 amide bonds. The van der Waals surface area contributed by atoms with E-state index in [9.17, 15) is 0 Å². The zero-order chi connectivity index (χ0) is 38.6. The summed E-state index contributed by atoms with van der Waals surface area (Å²) in [5, 5.41) is 11.2. The molecule has 0 bridgehead atoms. The Morgan fingerprint density at radius 1 is 0.390 bits per heavy atom. The molecule has 9 aromatic carbocycles. The molecule has 5 heteroatoms. The first-order valence-electron chi connectivity index (χ1n) is 19.9. The molecule has 0 saturated carbocycles. The second-order valence-corrected chi connectivity index (χ2v) is 17.4. The van der Waals surface area contributed by atoms with Crippen LogP contribution in [0.5, 0.6) is 0 Å². The molecule has 0 unspecified atom stereocenters. The molecule has 0 aliphatic carbocycles. The Hall–Kier alpha value is -7.18. The molecule has 274 valence electrons. The van der Waals surface area contributed by atoms with Gasteiger partial charge in [-0.1, -0.05) is 146 Å². The summed E-state index contributed by atoms with van der Waals surface area (Å²) in [5.41, 5.74) is 10.1. The normalized spacial score (nSPS) is 12.1. The third-order valence-corrected chi connectivity index (χ3v) is 14.3. The summed E-state index contributed by atoms with van der Waals surface area (Å²) in [6.45, 7) is 0. The molecule has 0 aliphatic heterocycles. The Morgan fingerprint density at radius 3 is 1.97 bits per heavy atom. The highest BCUT2D eigenvalue weighted by Gasteiger charge is 2.21. The number of nitrogens with zero attached hydrogens (tertiary/aromatic N) is 3. The van der Waals surface area contributed by atoms with E-state index < -0.39 is 0 Å². The lowest BCUT2D eigenvalue weighted by Crippen LogP contribution is -1.94. The van der Waals surface area contributed by atoms with Crippen molar-refractivity contribution in [1.82, 2.24) is 14.5 Å². The van der Waals surface area contributed by atoms with Gasteiger partial charge < -0.3 is 4.57 Å². The fourth-order valence-electron chi connectivity index (χ4n) is 9.25. The first-order valence-corrected chi connectivity index (χ1v) is 21.5. The maximum Gasteiger partial charge on any atom is 0.161 e. The highest BCUT2D eigenvalue weighted by Crippen LogP contribution is 2.45. The van der Waals surface area contributed by atoms with Crippen LogP contribution in [0.4, 0.5) is 0 Å². The van der Waals surface area contributed by atoms with Crippen LogP contribution in [0.25, 0.3) is 123 Å². The number of benzene rings is 9. The molecule has 0 N–H and O–H groups in total. The summed E-state index contributed by atoms with van der Waals surface area (Å²) in [5.74, 6) is 0.749. The van der Waals surface area contributed by atoms with Crippen molar-refractivity contribution in [1.29, 1.82) is 0 Å². The monoisotopic (exact) mass is 785 g/mol. The highest BCUT2D eigenvalue weighted by molar-refractivity contribution is 7.26. The summed E-state index contributed by atoms with van der Waals surface area (Å²) in [7, 11) is 0. The SMILES string of the molecule is c1ccc(-c2ccc(-c3nc(-c4cccc5sc6cc(-n7c8cc9ccccc9cc8c8c9ccccc9ccc87)ccc6c45)nc4c3sc3ccccc34)cc2)cc1. The molecule has 59 heavy (non-hydrogen) atoms. The number of hydrogen-bond donors (Lipinski definition) is 0. The van der Waals surface area contributed by atoms with E-state index in [0.29, 0.717) is 0 Å². The first kappa shape index (κ1) is 32.9. The smallest absolute Gasteiger partial charge is 0.161 e. The van der Waals surface area contributed by atoms with E-state index in [0.717, 1.165) is 43.9 Å². The topological polar surface area (TPSA) is 30.7 Å². The third kappa shape index (κ3) is 4.99. The van der Waals surface area contributed by atoms with Gasteiger partial charge in [0.05, 0.1) is 26.9 Å². The van der Waals surface area contributed by atoms with Gasteiger partial charge in [-0.3, -0.25) is 0 Å². The van der Waals surface area contributed by atoms with Crippen LogP contribution in [0.1, 0.15) is 0 Å². The van der Waals surface area contributed by atoms with Crippen LogP contribution >= 0.6 is 22.7 Å². The number of fused-ring (bicyclic) bond motifs is 12. The van der Waals surface area contributed by atoms with Crippen LogP contribution in [0.2, 0.25) is 0 Å². The minimum absolute atomic E-state index is 0.749. The van der Waals surface area contributed by atoms with E-state index >= 15 is 0 Å². The Balaban J connectivity index is 1.02. The van der Waals surface area contributed by atoms with Crippen molar-refractivity contribution in [2.24, 2.45) is 0 Å². The van der Waals surface area contributed by atoms with Gasteiger partial charge in [0.25, 0.3) is 0 Å². The number of aromatic nitrogens is 3. The van der Waals surface area contributed by atoms with Crippen LogP contribution in [-0.4, -0.2) is 14.5 Å². The van der Waals surface area contributed by atoms with Gasteiger partial charge in [0.15, 0.2) is 5.82 Å². The molecule has 0 fully saturated rings. The molecule has 0 radical (unpaired) electrons. The van der Waals surface area contributed by atoms with Gasteiger partial charge in [-0.2, -0.15) is 0 Å². The lowest BCUT2D eigenvalue weighted by atomic mass is 10.0. The second kappa shape index (κ2) is 12.7. The third-order valence-electron chi connectivity index (χ3n) is 12.0. The fraction of sp³-hybridized carbons (Fsp3) is 0. The molecule has 0 spiro atoms. The van der Waals surface area contributed by atoms with E-state index in [1.165, 1.54) is 79.3 Å². The Labute approximate surface area is 346 Å². The molecular weight excluding hydrogens is 755 g/mol. The molecule has 4 aromatic heterocycles. The van der Waals surface area contributed by atoms with Gasteiger partial charge in [0.2, 0.25) is 0 Å². The van der Waals surface area contributed by atoms with Crippen molar-refractivity contribution in [2.75, 3.05) is 0 Å². The van der Waals surface area contributed by atoms with Crippen molar-refractivity contribution < 1.29 is 0 Å². The Bertz CT molecular complexity index is 3840. The maximum atomic E-state index is 5.45. The van der Waals surface area contributed by atoms with Gasteiger partial charge in [-0.25, -0.2) is 9.97 Å². The molecule has 3 nitrogen and oxygen atoms in total. The van der Waals surface area contributed by atoms with Gasteiger partial charge in [-0.15, -0.1) is 22.7 Å². The highest BCUT2D eigenvalue weighted by atomic mass is 32.1. The standard InChI is InChI=1S/C54H31N3S2/c1-2-11-32(12-3-1)33-21-23-35(24-22-33)51-53-52(41-17-8-9-19-46(41)59-53)56-54(55-51)42-18-10-20-47-50(42)40-27-26-38(31-48(40)58-47)57-44-28-25-34-13-6-7-16-39(34)49(44)43-29-36-14-4-5-15-37(36)30-45(43)57/h1-31H. The Kier molecular flexibility index (Phi) is 7.05. The van der Waals surface area contributed by atoms with E-state index in [-0.39, 0.29) is 0 Å². The largest absolute Gasteiger partial charge is 0.309 e. The summed E-state index contributed by atoms with van der Waals surface area (Å²) in [6.07, 6.45) is 0. The average Bonchev–Trinajstić information content (AvgIpc) is 3.97. The number of thiophene rings is 2. The Morgan fingerprint density at radius 2 is 1.10 bits per heavy atom. The molecule has 13 aromatic rings. The maximum absolute atomic E-state index is 5.45. The van der Waals surface area contributed by atoms with Crippen molar-refractivity contribution in [3.8, 4) is 39.5 Å². The van der Waals surface area contributed by atoms with E-state index in [1.807, 2.05) is 11.3 Å². The minimum atomic E-state index is 0.749. The summed E-state index contributed by atoms with van der Waals surface area (Å²) in [6, 6.07) is 68.3. The lowest BCUT2D eigenvalue weighted by Gasteiger charge is -2.10. The van der Waals surface area contributed by atoms with Gasteiger partial charge >= 0.3 is 0 Å². The van der Waals surface area contributed by atoms with E-state index in [1.54, 1.807) is 11.3 Å². The summed E-state index contributed by atoms with van der Waals surface area (Å²) < 4.78 is 7.25. The van der Waals surface area contributed by atoms with Crippen LogP contribution in [0.15, 0.2) is 188 Å². The predicted molar refractivity (Wildman–Crippen MR) is 253 cm³/mol. The van der Waals surface area contributed by atoms with Crippen molar-refractivity contribution in [2.45, 2.75) is 0 Å². The molecule has 0 atom stereocenters. The van der Waals surface area contributed by atoms with Gasteiger partial charge in [0, 0.05) is 57.8 Å². The van der Waals surface area contributed by atoms with Gasteiger partial charge in [-0.05, 0) is 75.1 Å². The molecule has 0 saturated heterocycles. The van der Waals surface area contributed by atoms with Crippen LogP contribution < -0.4 is 0 Å². The fourth-order valence-corrected chi connectivity index (χ4v) is 11.6. The number of rotatable bonds is 4. The minimum Gasteiger partial charge on any atom is -0.309 e. The van der Waals surface area contributed by atoms with Crippen molar-refractivity contribution >= 4 is 106 Å². The van der Waals surface area contributed by atoms with Gasteiger partial charge in [0.1, 0.15) is 0 Å². The average molecular weight is 786 g/mol. The van der Waals surface area contributed by atoms with Crippen molar-refractivity contribution in [3.05, 3.63) is 188 Å². The first-order chi connectivity index (χ1) is 29.2. The molecule has 13 rings (SSSR count). The van der Waals surface area contributed by atoms with Crippen LogP contribution in [0, 0.1) is 0 Å². The van der Waals surface area contributed by atoms with Crippen LogP contribution in [0.3, 0.4) is 0 Å². The lowest BCUT2D eigenvalue weighted by molar-refractivity contribution is 1.19. The van der Waals surface area contributed by atoms with Crippen molar-refractivity contribution in [3.63, 3.8) is 0 Å². The van der Waals surface area contributed by atoms with E-state index in [2.05, 4.69) is 193 Å². The second-order valence-electron chi connectivity index (χ2n) is 15.3. The quantitative estimate of drug-likeness (QED) is 0.178. The summed E-state index contributed by atoms with van der Waals surface area (Å²) in [4.78, 5) is 10.8. The molecular formula is C54H31N3S2. The van der Waals surface area contributed by atoms with Crippen LogP contribution in [-0.2, 0) is 0 Å². The predicted octanol–water partition coefficient (Wildman–Crippen LogP) is 15.6. The zero-order valence-electron chi connectivity index (χ0n) is 31.6. The number of hydrogen-bond acceptors (Lipinski definition) is 4.